The summed E-state index contributed by atoms with van der Waals surface area (Å²) in [6.07, 6.45) is 1.64. The van der Waals surface area contributed by atoms with Crippen molar-refractivity contribution in [1.29, 1.82) is 0 Å². The number of nitrogens with zero attached hydrogens (tertiary/aromatic N) is 1. The van der Waals surface area contributed by atoms with E-state index in [1.165, 1.54) is 0 Å². The van der Waals surface area contributed by atoms with Crippen molar-refractivity contribution in [2.45, 2.75) is 6.54 Å². The number of aromatic nitrogens is 1. The van der Waals surface area contributed by atoms with Gasteiger partial charge in [0, 0.05) is 30.1 Å². The largest absolute Gasteiger partial charge is 0.508 e. The van der Waals surface area contributed by atoms with Crippen molar-refractivity contribution >= 4 is 11.5 Å². The number of pyridine rings is 1. The van der Waals surface area contributed by atoms with Gasteiger partial charge >= 0.3 is 0 Å². The lowest BCUT2D eigenvalue weighted by atomic mass is 10.2. The fourth-order valence-corrected chi connectivity index (χ4v) is 1.39. The van der Waals surface area contributed by atoms with Crippen LogP contribution in [0.25, 0.3) is 0 Å². The van der Waals surface area contributed by atoms with Crippen LogP contribution < -0.4 is 11.1 Å². The molecule has 0 aliphatic rings. The van der Waals surface area contributed by atoms with E-state index in [0.717, 1.165) is 5.56 Å². The molecular formula is C12H13N3O. The summed E-state index contributed by atoms with van der Waals surface area (Å²) >= 11 is 0. The second kappa shape index (κ2) is 4.53. The van der Waals surface area contributed by atoms with Gasteiger partial charge in [-0.2, -0.15) is 0 Å². The van der Waals surface area contributed by atoms with E-state index in [1.807, 2.05) is 12.1 Å². The van der Waals surface area contributed by atoms with Crippen LogP contribution in [0.3, 0.4) is 0 Å². The molecule has 1 aromatic carbocycles. The predicted molar refractivity (Wildman–Crippen MR) is 64.1 cm³/mol. The van der Waals surface area contributed by atoms with E-state index in [2.05, 4.69) is 10.3 Å². The Morgan fingerprint density at radius 1 is 1.25 bits per heavy atom. The zero-order valence-corrected chi connectivity index (χ0v) is 8.72. The molecule has 0 fully saturated rings. The topological polar surface area (TPSA) is 71.2 Å². The first-order valence-electron chi connectivity index (χ1n) is 4.98. The molecular weight excluding hydrogens is 202 g/mol. The molecule has 0 saturated carbocycles. The summed E-state index contributed by atoms with van der Waals surface area (Å²) in [6.45, 7) is 0.517. The van der Waals surface area contributed by atoms with Crippen molar-refractivity contribution in [1.82, 2.24) is 4.98 Å². The molecule has 2 aromatic rings. The minimum absolute atomic E-state index is 0.277. The Kier molecular flexibility index (Phi) is 2.91. The van der Waals surface area contributed by atoms with Crippen LogP contribution in [0.2, 0.25) is 0 Å². The van der Waals surface area contributed by atoms with Crippen LogP contribution in [0.1, 0.15) is 5.56 Å². The molecule has 2 rings (SSSR count). The van der Waals surface area contributed by atoms with Crippen LogP contribution in [0.4, 0.5) is 11.5 Å². The van der Waals surface area contributed by atoms with Gasteiger partial charge in [0.05, 0.1) is 0 Å². The molecule has 0 aliphatic heterocycles. The summed E-state index contributed by atoms with van der Waals surface area (Å²) in [5, 5.41) is 12.6. The number of nitrogens with two attached hydrogens (primary N) is 1. The minimum atomic E-state index is 0.277. The summed E-state index contributed by atoms with van der Waals surface area (Å²) in [4.78, 5) is 4.11. The second-order valence-electron chi connectivity index (χ2n) is 3.46. The molecule has 1 heterocycles. The van der Waals surface area contributed by atoms with E-state index in [1.54, 1.807) is 30.5 Å². The van der Waals surface area contributed by atoms with Crippen molar-refractivity contribution in [2.24, 2.45) is 0 Å². The van der Waals surface area contributed by atoms with Crippen LogP contribution >= 0.6 is 0 Å². The number of aromatic hydroxyl groups is 1. The van der Waals surface area contributed by atoms with Crippen molar-refractivity contribution in [3.63, 3.8) is 0 Å². The van der Waals surface area contributed by atoms with Gasteiger partial charge in [-0.25, -0.2) is 4.98 Å². The Hall–Kier alpha value is -2.23. The SMILES string of the molecule is Nc1ccnc(NCc2ccccc2O)c1. The van der Waals surface area contributed by atoms with Gasteiger partial charge < -0.3 is 16.2 Å². The maximum absolute atomic E-state index is 9.56. The minimum Gasteiger partial charge on any atom is -0.508 e. The third-order valence-corrected chi connectivity index (χ3v) is 2.24. The standard InChI is InChI=1S/C12H13N3O/c13-10-5-6-14-12(7-10)15-8-9-3-1-2-4-11(9)16/h1-7,16H,8H2,(H3,13,14,15). The molecule has 4 heteroatoms. The Labute approximate surface area is 93.8 Å². The third kappa shape index (κ3) is 2.42. The van der Waals surface area contributed by atoms with E-state index < -0.39 is 0 Å². The number of phenols is 1. The van der Waals surface area contributed by atoms with E-state index in [-0.39, 0.29) is 5.75 Å². The highest BCUT2D eigenvalue weighted by molar-refractivity contribution is 5.49. The van der Waals surface area contributed by atoms with Gasteiger partial charge in [0.15, 0.2) is 0 Å². The van der Waals surface area contributed by atoms with Gasteiger partial charge in [0.1, 0.15) is 11.6 Å². The number of hydrogen-bond acceptors (Lipinski definition) is 4. The van der Waals surface area contributed by atoms with E-state index >= 15 is 0 Å². The number of benzene rings is 1. The van der Waals surface area contributed by atoms with Crippen molar-refractivity contribution in [2.75, 3.05) is 11.1 Å². The average Bonchev–Trinajstić information content (AvgIpc) is 2.28. The zero-order valence-electron chi connectivity index (χ0n) is 8.72. The fraction of sp³-hybridized carbons (Fsp3) is 0.0833. The number of para-hydroxylation sites is 1. The summed E-state index contributed by atoms with van der Waals surface area (Å²) < 4.78 is 0. The van der Waals surface area contributed by atoms with E-state index in [9.17, 15) is 5.11 Å². The van der Waals surface area contributed by atoms with Crippen molar-refractivity contribution in [3.05, 3.63) is 48.2 Å². The molecule has 4 nitrogen and oxygen atoms in total. The quantitative estimate of drug-likeness (QED) is 0.732. The van der Waals surface area contributed by atoms with Gasteiger partial charge in [-0.3, -0.25) is 0 Å². The number of anilines is 2. The number of phenolic OH excluding ortho intramolecular Hbond substituents is 1. The third-order valence-electron chi connectivity index (χ3n) is 2.24. The number of nitrogens with one attached hydrogen (secondary N) is 1. The van der Waals surface area contributed by atoms with Crippen LogP contribution in [0, 0.1) is 0 Å². The molecule has 0 atom stereocenters. The van der Waals surface area contributed by atoms with Crippen LogP contribution in [0.5, 0.6) is 5.75 Å². The zero-order chi connectivity index (χ0) is 11.4. The first-order chi connectivity index (χ1) is 7.75. The first-order valence-corrected chi connectivity index (χ1v) is 4.98. The first kappa shape index (κ1) is 10.3. The van der Waals surface area contributed by atoms with Gasteiger partial charge in [-0.1, -0.05) is 18.2 Å². The van der Waals surface area contributed by atoms with Gasteiger partial charge in [0.2, 0.25) is 0 Å². The average molecular weight is 215 g/mol. The number of nitrogen functional groups attached to an aromatic ring is 1. The lowest BCUT2D eigenvalue weighted by molar-refractivity contribution is 0.469. The lowest BCUT2D eigenvalue weighted by Gasteiger charge is -2.07. The van der Waals surface area contributed by atoms with E-state index in [0.29, 0.717) is 18.1 Å². The smallest absolute Gasteiger partial charge is 0.128 e. The molecule has 0 amide bonds. The van der Waals surface area contributed by atoms with Crippen molar-refractivity contribution in [3.8, 4) is 5.75 Å². The lowest BCUT2D eigenvalue weighted by Crippen LogP contribution is -2.01. The molecule has 0 unspecified atom stereocenters. The highest BCUT2D eigenvalue weighted by Gasteiger charge is 1.99. The Morgan fingerprint density at radius 3 is 2.81 bits per heavy atom. The molecule has 0 bridgehead atoms. The Morgan fingerprint density at radius 2 is 2.06 bits per heavy atom. The number of hydrogen-bond donors (Lipinski definition) is 3. The van der Waals surface area contributed by atoms with Gasteiger partial charge in [0.25, 0.3) is 0 Å². The Balaban J connectivity index is 2.05. The number of rotatable bonds is 3. The molecule has 4 N–H and O–H groups in total. The van der Waals surface area contributed by atoms with E-state index in [4.69, 9.17) is 5.73 Å². The molecule has 16 heavy (non-hydrogen) atoms. The Bertz CT molecular complexity index is 485. The second-order valence-corrected chi connectivity index (χ2v) is 3.46. The summed E-state index contributed by atoms with van der Waals surface area (Å²) in [5.41, 5.74) is 7.12. The van der Waals surface area contributed by atoms with Crippen LogP contribution in [-0.2, 0) is 6.54 Å². The summed E-state index contributed by atoms with van der Waals surface area (Å²) in [7, 11) is 0. The van der Waals surface area contributed by atoms with Crippen molar-refractivity contribution < 1.29 is 5.11 Å². The van der Waals surface area contributed by atoms with Gasteiger partial charge in [-0.15, -0.1) is 0 Å². The maximum atomic E-state index is 9.56. The predicted octanol–water partition coefficient (Wildman–Crippen LogP) is 1.98. The summed E-state index contributed by atoms with van der Waals surface area (Å²) in [5.74, 6) is 0.974. The maximum Gasteiger partial charge on any atom is 0.128 e. The molecule has 0 spiro atoms. The molecule has 1 aromatic heterocycles. The molecule has 0 radical (unpaired) electrons. The van der Waals surface area contributed by atoms with Crippen LogP contribution in [-0.4, -0.2) is 10.1 Å². The fourth-order valence-electron chi connectivity index (χ4n) is 1.39. The highest BCUT2D eigenvalue weighted by Crippen LogP contribution is 2.17. The summed E-state index contributed by atoms with van der Waals surface area (Å²) in [6, 6.07) is 10.7. The van der Waals surface area contributed by atoms with Crippen LogP contribution in [0.15, 0.2) is 42.6 Å². The van der Waals surface area contributed by atoms with Gasteiger partial charge in [-0.05, 0) is 12.1 Å². The molecule has 82 valence electrons. The monoisotopic (exact) mass is 215 g/mol. The normalized spacial score (nSPS) is 10.0. The molecule has 0 aliphatic carbocycles. The highest BCUT2D eigenvalue weighted by atomic mass is 16.3. The molecule has 0 saturated heterocycles.